The van der Waals surface area contributed by atoms with Crippen LogP contribution in [0.3, 0.4) is 0 Å². The van der Waals surface area contributed by atoms with Gasteiger partial charge in [-0.25, -0.2) is 0 Å². The normalized spacial score (nSPS) is 12.2. The molecule has 14 heavy (non-hydrogen) atoms. The number of nitrogens with two attached hydrogens (primary N) is 1. The Bertz CT molecular complexity index is 284. The minimum Gasteiger partial charge on any atom is -0.568 e. The summed E-state index contributed by atoms with van der Waals surface area (Å²) < 4.78 is 10.1. The summed E-state index contributed by atoms with van der Waals surface area (Å²) in [6, 6.07) is 5.22. The molecule has 3 N–H and O–H groups in total. The second-order valence-electron chi connectivity index (χ2n) is 2.90. The molecule has 0 amide bonds. The van der Waals surface area contributed by atoms with Crippen LogP contribution in [0.5, 0.6) is 11.5 Å². The monoisotopic (exact) mass is 195 g/mol. The Morgan fingerprint density at radius 1 is 1.43 bits per heavy atom. The molecule has 0 saturated heterocycles. The fraction of sp³-hybridized carbons (Fsp3) is 0.333. The third-order valence-corrected chi connectivity index (χ3v) is 1.98. The maximum atomic E-state index is 9.53. The first-order chi connectivity index (χ1) is 6.71. The highest BCUT2D eigenvalue weighted by Gasteiger charge is 2.08. The van der Waals surface area contributed by atoms with Crippen LogP contribution in [0.2, 0.25) is 0 Å². The number of hydrogen-bond donors (Lipinski definition) is 2. The van der Waals surface area contributed by atoms with E-state index < -0.39 is 6.10 Å². The van der Waals surface area contributed by atoms with Crippen molar-refractivity contribution >= 4 is 8.05 Å². The summed E-state index contributed by atoms with van der Waals surface area (Å²) in [5.41, 5.74) is 6.05. The molecule has 0 heterocycles. The van der Waals surface area contributed by atoms with Crippen LogP contribution in [-0.2, 0) is 0 Å². The lowest BCUT2D eigenvalue weighted by molar-refractivity contribution is 0.186. The second-order valence-corrected chi connectivity index (χ2v) is 2.90. The van der Waals surface area contributed by atoms with Crippen LogP contribution in [0.1, 0.15) is 11.7 Å². The van der Waals surface area contributed by atoms with Gasteiger partial charge < -0.3 is 20.2 Å². The Labute approximate surface area is 84.1 Å². The Morgan fingerprint density at radius 2 is 2.07 bits per heavy atom. The van der Waals surface area contributed by atoms with Gasteiger partial charge in [0.1, 0.15) is 11.5 Å². The van der Waals surface area contributed by atoms with Crippen molar-refractivity contribution in [1.82, 2.24) is 0 Å². The first-order valence-corrected chi connectivity index (χ1v) is 4.32. The first-order valence-electron chi connectivity index (χ1n) is 4.32. The molecule has 5 heteroatoms. The van der Waals surface area contributed by atoms with Crippen molar-refractivity contribution < 1.29 is 14.5 Å². The van der Waals surface area contributed by atoms with Gasteiger partial charge in [-0.15, -0.1) is 0 Å². The third kappa shape index (κ3) is 2.40. The van der Waals surface area contributed by atoms with E-state index in [9.17, 15) is 5.11 Å². The van der Waals surface area contributed by atoms with Crippen LogP contribution in [0, 0.1) is 0 Å². The van der Waals surface area contributed by atoms with Gasteiger partial charge in [-0.05, 0) is 17.7 Å². The molecule has 0 bridgehead atoms. The van der Waals surface area contributed by atoms with E-state index in [1.807, 2.05) is 0 Å². The minimum absolute atomic E-state index is 0.177. The van der Waals surface area contributed by atoms with Gasteiger partial charge in [-0.1, -0.05) is 0 Å². The largest absolute Gasteiger partial charge is 0.568 e. The van der Waals surface area contributed by atoms with Crippen molar-refractivity contribution in [2.75, 3.05) is 13.7 Å². The van der Waals surface area contributed by atoms with Gasteiger partial charge in [0.05, 0.1) is 13.2 Å². The highest BCUT2D eigenvalue weighted by atomic mass is 16.5. The lowest BCUT2D eigenvalue weighted by Gasteiger charge is -2.12. The average molecular weight is 195 g/mol. The Kier molecular flexibility index (Phi) is 3.79. The smallest absolute Gasteiger partial charge is 0.322 e. The molecule has 0 saturated carbocycles. The number of methoxy groups -OCH3 is 1. The van der Waals surface area contributed by atoms with Crippen LogP contribution in [0.15, 0.2) is 18.2 Å². The minimum atomic E-state index is -0.681. The number of rotatable bonds is 4. The molecule has 0 radical (unpaired) electrons. The Hall–Kier alpha value is -1.20. The summed E-state index contributed by atoms with van der Waals surface area (Å²) in [4.78, 5) is 0. The highest BCUT2D eigenvalue weighted by Crippen LogP contribution is 2.25. The van der Waals surface area contributed by atoms with E-state index in [1.54, 1.807) is 33.4 Å². The van der Waals surface area contributed by atoms with Crippen LogP contribution in [0.4, 0.5) is 0 Å². The molecule has 4 nitrogen and oxygen atoms in total. The van der Waals surface area contributed by atoms with Crippen LogP contribution < -0.4 is 15.1 Å². The number of ether oxygens (including phenoxy) is 1. The summed E-state index contributed by atoms with van der Waals surface area (Å²) in [7, 11) is 3.13. The predicted octanol–water partition coefficient (Wildman–Crippen LogP) is -0.386. The van der Waals surface area contributed by atoms with Crippen LogP contribution >= 0.6 is 0 Å². The standard InChI is InChI=1S/C9H14BNO3/c1-13-7-2-6(9(12)5-11)3-8(4-7)14-10/h2-4,9,12H,5,10-11H2,1H3. The van der Waals surface area contributed by atoms with E-state index in [2.05, 4.69) is 0 Å². The summed E-state index contributed by atoms with van der Waals surface area (Å²) in [6.07, 6.45) is -0.681. The zero-order valence-corrected chi connectivity index (χ0v) is 8.36. The van der Waals surface area contributed by atoms with E-state index in [-0.39, 0.29) is 6.54 Å². The highest BCUT2D eigenvalue weighted by molar-refractivity contribution is 6.00. The number of benzene rings is 1. The van der Waals surface area contributed by atoms with Crippen molar-refractivity contribution in [1.29, 1.82) is 0 Å². The SMILES string of the molecule is BOc1cc(OC)cc(C(O)CN)c1. The lowest BCUT2D eigenvalue weighted by Crippen LogP contribution is -2.11. The Morgan fingerprint density at radius 3 is 2.57 bits per heavy atom. The summed E-state index contributed by atoms with van der Waals surface area (Å²) in [5.74, 6) is 1.29. The van der Waals surface area contributed by atoms with Gasteiger partial charge in [0.25, 0.3) is 0 Å². The van der Waals surface area contributed by atoms with Crippen molar-refractivity contribution in [3.05, 3.63) is 23.8 Å². The van der Waals surface area contributed by atoms with Crippen molar-refractivity contribution in [3.8, 4) is 11.5 Å². The van der Waals surface area contributed by atoms with Crippen molar-refractivity contribution in [3.63, 3.8) is 0 Å². The van der Waals surface area contributed by atoms with Gasteiger partial charge in [-0.2, -0.15) is 0 Å². The molecular formula is C9H14BNO3. The van der Waals surface area contributed by atoms with Crippen LogP contribution in [0.25, 0.3) is 0 Å². The fourth-order valence-corrected chi connectivity index (χ4v) is 1.16. The van der Waals surface area contributed by atoms with Gasteiger partial charge in [0.2, 0.25) is 0 Å². The molecule has 0 aromatic heterocycles. The van der Waals surface area contributed by atoms with Gasteiger partial charge in [-0.3, -0.25) is 0 Å². The maximum absolute atomic E-state index is 9.53. The predicted molar refractivity (Wildman–Crippen MR) is 56.2 cm³/mol. The summed E-state index contributed by atoms with van der Waals surface area (Å²) in [6.45, 7) is 0.177. The molecule has 1 aromatic rings. The van der Waals surface area contributed by atoms with Crippen LogP contribution in [-0.4, -0.2) is 26.8 Å². The third-order valence-electron chi connectivity index (χ3n) is 1.98. The molecule has 0 fully saturated rings. The summed E-state index contributed by atoms with van der Waals surface area (Å²) >= 11 is 0. The Balaban J connectivity index is 3.04. The fourth-order valence-electron chi connectivity index (χ4n) is 1.16. The van der Waals surface area contributed by atoms with Gasteiger partial charge >= 0.3 is 8.05 Å². The van der Waals surface area contributed by atoms with Crippen molar-refractivity contribution in [2.24, 2.45) is 5.73 Å². The zero-order valence-electron chi connectivity index (χ0n) is 8.36. The van der Waals surface area contributed by atoms with Gasteiger partial charge in [0.15, 0.2) is 0 Å². The van der Waals surface area contributed by atoms with Crippen molar-refractivity contribution in [2.45, 2.75) is 6.10 Å². The topological polar surface area (TPSA) is 64.7 Å². The molecule has 0 spiro atoms. The average Bonchev–Trinajstić information content (AvgIpc) is 2.27. The molecule has 0 aliphatic heterocycles. The van der Waals surface area contributed by atoms with E-state index in [1.165, 1.54) is 0 Å². The second kappa shape index (κ2) is 4.88. The van der Waals surface area contributed by atoms with E-state index in [0.717, 1.165) is 0 Å². The van der Waals surface area contributed by atoms with Gasteiger partial charge in [0, 0.05) is 12.6 Å². The lowest BCUT2D eigenvalue weighted by atomic mass is 10.1. The maximum Gasteiger partial charge on any atom is 0.322 e. The van der Waals surface area contributed by atoms with E-state index in [0.29, 0.717) is 17.1 Å². The molecule has 1 atom stereocenters. The molecule has 0 aliphatic carbocycles. The van der Waals surface area contributed by atoms with E-state index >= 15 is 0 Å². The number of hydrogen-bond acceptors (Lipinski definition) is 4. The number of aliphatic hydroxyl groups excluding tert-OH is 1. The quantitative estimate of drug-likeness (QED) is 0.642. The first kappa shape index (κ1) is 10.9. The molecule has 76 valence electrons. The molecule has 1 unspecified atom stereocenters. The zero-order chi connectivity index (χ0) is 10.6. The molecule has 1 aromatic carbocycles. The number of aliphatic hydroxyl groups is 1. The summed E-state index contributed by atoms with van der Waals surface area (Å²) in [5, 5.41) is 9.53. The molecule has 0 aliphatic rings. The molecular weight excluding hydrogens is 181 g/mol. The van der Waals surface area contributed by atoms with E-state index in [4.69, 9.17) is 15.1 Å². The molecule has 1 rings (SSSR count).